The second-order valence-corrected chi connectivity index (χ2v) is 7.26. The first-order valence-electron chi connectivity index (χ1n) is 10.0. The molecule has 0 fully saturated rings. The van der Waals surface area contributed by atoms with Gasteiger partial charge in [0.25, 0.3) is 0 Å². The predicted molar refractivity (Wildman–Crippen MR) is 111 cm³/mol. The van der Waals surface area contributed by atoms with Crippen LogP contribution in [0.25, 0.3) is 0 Å². The molecule has 0 saturated heterocycles. The van der Waals surface area contributed by atoms with Crippen molar-refractivity contribution in [3.8, 4) is 0 Å². The molecule has 0 aliphatic carbocycles. The highest BCUT2D eigenvalue weighted by atomic mass is 35.5. The van der Waals surface area contributed by atoms with E-state index in [-0.39, 0.29) is 12.4 Å². The van der Waals surface area contributed by atoms with Crippen LogP contribution in [0.2, 0.25) is 0 Å². The van der Waals surface area contributed by atoms with Crippen molar-refractivity contribution < 1.29 is 0 Å². The van der Waals surface area contributed by atoms with Crippen LogP contribution < -0.4 is 5.32 Å². The fourth-order valence-corrected chi connectivity index (χ4v) is 2.99. The molecular weight excluding hydrogens is 314 g/mol. The molecule has 0 aromatic heterocycles. The zero-order chi connectivity index (χ0) is 16.8. The zero-order valence-electron chi connectivity index (χ0n) is 16.3. The predicted octanol–water partition coefficient (Wildman–Crippen LogP) is 7.24. The van der Waals surface area contributed by atoms with Crippen LogP contribution in [0.3, 0.4) is 0 Å². The minimum Gasteiger partial charge on any atom is -0.313 e. The lowest BCUT2D eigenvalue weighted by Gasteiger charge is -2.08. The monoisotopic (exact) mass is 353 g/mol. The molecule has 0 amide bonds. The van der Waals surface area contributed by atoms with E-state index in [0.29, 0.717) is 5.92 Å². The molecule has 0 aliphatic rings. The lowest BCUT2D eigenvalue weighted by atomic mass is 10.0. The first kappa shape index (κ1) is 23.5. The second-order valence-electron chi connectivity index (χ2n) is 7.26. The summed E-state index contributed by atoms with van der Waals surface area (Å²) in [6.45, 7) is 8.95. The average molecular weight is 354 g/mol. The van der Waals surface area contributed by atoms with Gasteiger partial charge in [0.1, 0.15) is 0 Å². The molecule has 140 valence electrons. The maximum atomic E-state index is 3.58. The van der Waals surface area contributed by atoms with Crippen molar-refractivity contribution in [1.82, 2.24) is 5.32 Å². The van der Waals surface area contributed by atoms with E-state index in [1.54, 1.807) is 0 Å². The van der Waals surface area contributed by atoms with Gasteiger partial charge in [0.05, 0.1) is 0 Å². The SMILES string of the molecule is CCCCCCCCCCCCNCc1ccc(C(C)C)cc1.Cl. The number of benzene rings is 1. The van der Waals surface area contributed by atoms with Gasteiger partial charge in [-0.1, -0.05) is 103 Å². The van der Waals surface area contributed by atoms with E-state index < -0.39 is 0 Å². The summed E-state index contributed by atoms with van der Waals surface area (Å²) in [7, 11) is 0. The molecule has 1 rings (SSSR count). The Labute approximate surface area is 157 Å². The summed E-state index contributed by atoms with van der Waals surface area (Å²) in [5.74, 6) is 0.628. The highest BCUT2D eigenvalue weighted by Gasteiger charge is 1.99. The van der Waals surface area contributed by atoms with Crippen LogP contribution in [0.5, 0.6) is 0 Å². The van der Waals surface area contributed by atoms with Crippen LogP contribution in [-0.2, 0) is 6.54 Å². The Hall–Kier alpha value is -0.530. The van der Waals surface area contributed by atoms with E-state index in [1.807, 2.05) is 0 Å². The maximum absolute atomic E-state index is 3.58. The smallest absolute Gasteiger partial charge is 0.0205 e. The molecule has 1 N–H and O–H groups in total. The highest BCUT2D eigenvalue weighted by Crippen LogP contribution is 2.14. The quantitative estimate of drug-likeness (QED) is 0.347. The van der Waals surface area contributed by atoms with Crippen molar-refractivity contribution in [2.24, 2.45) is 0 Å². The van der Waals surface area contributed by atoms with E-state index >= 15 is 0 Å². The normalized spacial score (nSPS) is 10.8. The molecule has 24 heavy (non-hydrogen) atoms. The first-order chi connectivity index (χ1) is 11.2. The Morgan fingerprint density at radius 2 is 1.25 bits per heavy atom. The lowest BCUT2D eigenvalue weighted by Crippen LogP contribution is -2.14. The van der Waals surface area contributed by atoms with Gasteiger partial charge in [-0.25, -0.2) is 0 Å². The standard InChI is InChI=1S/C22H39N.ClH/c1-4-5-6-7-8-9-10-11-12-13-18-23-19-21-14-16-22(17-15-21)20(2)3;/h14-17,20,23H,4-13,18-19H2,1-3H3;1H. The van der Waals surface area contributed by atoms with Crippen molar-refractivity contribution in [3.63, 3.8) is 0 Å². The van der Waals surface area contributed by atoms with E-state index in [9.17, 15) is 0 Å². The molecule has 0 radical (unpaired) electrons. The third kappa shape index (κ3) is 11.9. The highest BCUT2D eigenvalue weighted by molar-refractivity contribution is 5.85. The molecule has 1 nitrogen and oxygen atoms in total. The minimum absolute atomic E-state index is 0. The second kappa shape index (κ2) is 16.0. The van der Waals surface area contributed by atoms with Crippen LogP contribution in [0.15, 0.2) is 24.3 Å². The molecule has 0 bridgehead atoms. The van der Waals surface area contributed by atoms with Crippen molar-refractivity contribution in [3.05, 3.63) is 35.4 Å². The van der Waals surface area contributed by atoms with Gasteiger partial charge in [0.2, 0.25) is 0 Å². The number of rotatable bonds is 14. The minimum atomic E-state index is 0. The van der Waals surface area contributed by atoms with Gasteiger partial charge in [-0.15, -0.1) is 12.4 Å². The van der Waals surface area contributed by atoms with E-state index in [1.165, 1.54) is 75.3 Å². The molecule has 0 unspecified atom stereocenters. The van der Waals surface area contributed by atoms with Crippen LogP contribution in [-0.4, -0.2) is 6.54 Å². The molecule has 0 saturated carbocycles. The molecular formula is C22H40ClN. The maximum Gasteiger partial charge on any atom is 0.0205 e. The Bertz CT molecular complexity index is 372. The molecule has 2 heteroatoms. The van der Waals surface area contributed by atoms with Gasteiger partial charge in [0, 0.05) is 6.54 Å². The molecule has 1 aromatic carbocycles. The van der Waals surface area contributed by atoms with Crippen molar-refractivity contribution in [2.75, 3.05) is 6.54 Å². The van der Waals surface area contributed by atoms with Gasteiger partial charge in [-0.3, -0.25) is 0 Å². The summed E-state index contributed by atoms with van der Waals surface area (Å²) in [4.78, 5) is 0. The summed E-state index contributed by atoms with van der Waals surface area (Å²) >= 11 is 0. The topological polar surface area (TPSA) is 12.0 Å². The van der Waals surface area contributed by atoms with Crippen LogP contribution >= 0.6 is 12.4 Å². The summed E-state index contributed by atoms with van der Waals surface area (Å²) in [6.07, 6.45) is 14.1. The summed E-state index contributed by atoms with van der Waals surface area (Å²) in [5.41, 5.74) is 2.84. The number of halogens is 1. The Morgan fingerprint density at radius 1 is 0.750 bits per heavy atom. The molecule has 0 spiro atoms. The van der Waals surface area contributed by atoms with Gasteiger partial charge in [-0.2, -0.15) is 0 Å². The van der Waals surface area contributed by atoms with Gasteiger partial charge in [0.15, 0.2) is 0 Å². The molecule has 0 heterocycles. The lowest BCUT2D eigenvalue weighted by molar-refractivity contribution is 0.543. The summed E-state index contributed by atoms with van der Waals surface area (Å²) in [5, 5.41) is 3.58. The van der Waals surface area contributed by atoms with E-state index in [4.69, 9.17) is 0 Å². The average Bonchev–Trinajstić information content (AvgIpc) is 2.56. The zero-order valence-corrected chi connectivity index (χ0v) is 17.1. The van der Waals surface area contributed by atoms with Gasteiger partial charge >= 0.3 is 0 Å². The van der Waals surface area contributed by atoms with Crippen LogP contribution in [0.1, 0.15) is 102 Å². The van der Waals surface area contributed by atoms with E-state index in [2.05, 4.69) is 50.4 Å². The molecule has 0 aliphatic heterocycles. The van der Waals surface area contributed by atoms with Crippen LogP contribution in [0, 0.1) is 0 Å². The third-order valence-electron chi connectivity index (χ3n) is 4.68. The fraction of sp³-hybridized carbons (Fsp3) is 0.727. The third-order valence-corrected chi connectivity index (χ3v) is 4.68. The van der Waals surface area contributed by atoms with E-state index in [0.717, 1.165) is 13.1 Å². The Balaban J connectivity index is 0.00000529. The fourth-order valence-electron chi connectivity index (χ4n) is 2.99. The summed E-state index contributed by atoms with van der Waals surface area (Å²) < 4.78 is 0. The Morgan fingerprint density at radius 3 is 1.75 bits per heavy atom. The number of nitrogens with one attached hydrogen (secondary N) is 1. The summed E-state index contributed by atoms with van der Waals surface area (Å²) in [6, 6.07) is 9.06. The van der Waals surface area contributed by atoms with Gasteiger partial charge < -0.3 is 5.32 Å². The Kier molecular flexibility index (Phi) is 15.6. The van der Waals surface area contributed by atoms with Crippen LogP contribution in [0.4, 0.5) is 0 Å². The largest absolute Gasteiger partial charge is 0.313 e. The number of hydrogen-bond donors (Lipinski definition) is 1. The van der Waals surface area contributed by atoms with Crippen molar-refractivity contribution >= 4 is 12.4 Å². The molecule has 1 aromatic rings. The van der Waals surface area contributed by atoms with Gasteiger partial charge in [-0.05, 0) is 30.0 Å². The van der Waals surface area contributed by atoms with Crippen molar-refractivity contribution in [1.29, 1.82) is 0 Å². The number of unbranched alkanes of at least 4 members (excludes halogenated alkanes) is 9. The number of hydrogen-bond acceptors (Lipinski definition) is 1. The van der Waals surface area contributed by atoms with Crippen molar-refractivity contribution in [2.45, 2.75) is 97.4 Å². The first-order valence-corrected chi connectivity index (χ1v) is 10.0. The molecule has 0 atom stereocenters.